The van der Waals surface area contributed by atoms with Crippen LogP contribution >= 0.6 is 0 Å². The predicted octanol–water partition coefficient (Wildman–Crippen LogP) is 3.00. The van der Waals surface area contributed by atoms with Crippen LogP contribution in [0.2, 0.25) is 0 Å². The molecular formula is C28H29N5O4. The molecule has 1 fully saturated rings. The second-order valence-corrected chi connectivity index (χ2v) is 10.1. The minimum atomic E-state index is -1.66. The predicted molar refractivity (Wildman–Crippen MR) is 137 cm³/mol. The number of barbiturate groups is 1. The molecular weight excluding hydrogens is 470 g/mol. The van der Waals surface area contributed by atoms with E-state index in [0.717, 1.165) is 30.4 Å². The van der Waals surface area contributed by atoms with Crippen molar-refractivity contribution in [2.45, 2.75) is 51.5 Å². The number of pyridine rings is 1. The van der Waals surface area contributed by atoms with Crippen LogP contribution in [0, 0.1) is 5.41 Å². The number of rotatable bonds is 5. The lowest BCUT2D eigenvalue weighted by atomic mass is 9.65. The van der Waals surface area contributed by atoms with Crippen molar-refractivity contribution in [2.24, 2.45) is 5.41 Å². The van der Waals surface area contributed by atoms with Gasteiger partial charge in [0, 0.05) is 25.7 Å². The van der Waals surface area contributed by atoms with Crippen LogP contribution in [0.25, 0.3) is 5.65 Å². The highest BCUT2D eigenvalue weighted by Gasteiger charge is 2.64. The Balaban J connectivity index is 1.56. The molecule has 0 aliphatic carbocycles. The largest absolute Gasteiger partial charge is 0.347 e. The molecule has 1 saturated heterocycles. The number of nitrogens with zero attached hydrogens (tertiary/aromatic N) is 4. The van der Waals surface area contributed by atoms with Crippen molar-refractivity contribution < 1.29 is 14.4 Å². The first-order valence-corrected chi connectivity index (χ1v) is 13.0. The first kappa shape index (κ1) is 23.4. The van der Waals surface area contributed by atoms with E-state index < -0.39 is 29.3 Å². The van der Waals surface area contributed by atoms with Gasteiger partial charge in [-0.2, -0.15) is 0 Å². The Kier molecular flexibility index (Phi) is 5.58. The average molecular weight is 500 g/mol. The maximum Gasteiger partial charge on any atom is 0.330 e. The lowest BCUT2D eigenvalue weighted by Gasteiger charge is -2.53. The van der Waals surface area contributed by atoms with Crippen LogP contribution in [0.4, 0.5) is 10.6 Å². The Morgan fingerprint density at radius 2 is 1.84 bits per heavy atom. The van der Waals surface area contributed by atoms with Gasteiger partial charge in [0.05, 0.1) is 11.6 Å². The summed E-state index contributed by atoms with van der Waals surface area (Å²) in [6.45, 7) is 2.82. The van der Waals surface area contributed by atoms with Crippen molar-refractivity contribution in [3.05, 3.63) is 75.7 Å². The number of hydrogen-bond donors (Lipinski definition) is 1. The lowest BCUT2D eigenvalue weighted by Crippen LogP contribution is -2.70. The van der Waals surface area contributed by atoms with Gasteiger partial charge in [-0.25, -0.2) is 9.78 Å². The molecule has 0 unspecified atom stereocenters. The minimum Gasteiger partial charge on any atom is -0.347 e. The zero-order chi connectivity index (χ0) is 25.7. The van der Waals surface area contributed by atoms with Crippen molar-refractivity contribution in [3.8, 4) is 0 Å². The molecule has 37 heavy (non-hydrogen) atoms. The molecule has 9 heteroatoms. The molecule has 2 atom stereocenters. The molecule has 3 aromatic rings. The van der Waals surface area contributed by atoms with E-state index in [4.69, 9.17) is 4.98 Å². The highest BCUT2D eigenvalue weighted by atomic mass is 16.2. The van der Waals surface area contributed by atoms with Crippen molar-refractivity contribution in [2.75, 3.05) is 18.0 Å². The van der Waals surface area contributed by atoms with Crippen LogP contribution in [-0.2, 0) is 22.4 Å². The van der Waals surface area contributed by atoms with E-state index >= 15 is 0 Å². The molecule has 6 rings (SSSR count). The standard InChI is InChI=1S/C28H29N5O4/c1-2-3-4-8-15-33-26(36)28(25(35)30-27(33)37)17-20-23(29-21-12-7-9-14-31(21)24(20)34)32-16-13-18-10-5-6-11-19(18)22(28)32/h5-7,9-12,14,22H,2-4,8,13,15-17H2,1H3,(H,30,35,37)/t22-,28+/m1/s1. The van der Waals surface area contributed by atoms with Crippen molar-refractivity contribution in [3.63, 3.8) is 0 Å². The monoisotopic (exact) mass is 499 g/mol. The number of aromatic nitrogens is 2. The SMILES string of the molecule is CCCCCCN1C(=O)NC(=O)[C@@]2(Cc3c(nc4ccccn4c3=O)N3CCc4ccccc4[C@@H]32)C1=O. The summed E-state index contributed by atoms with van der Waals surface area (Å²) in [4.78, 5) is 62.7. The molecule has 3 aliphatic rings. The van der Waals surface area contributed by atoms with Gasteiger partial charge in [-0.1, -0.05) is 56.5 Å². The zero-order valence-corrected chi connectivity index (χ0v) is 20.8. The number of hydrogen-bond acceptors (Lipinski definition) is 6. The van der Waals surface area contributed by atoms with E-state index in [1.54, 1.807) is 18.3 Å². The highest BCUT2D eigenvalue weighted by Crippen LogP contribution is 2.52. The van der Waals surface area contributed by atoms with Gasteiger partial charge >= 0.3 is 6.03 Å². The van der Waals surface area contributed by atoms with E-state index in [2.05, 4.69) is 12.2 Å². The number of unbranched alkanes of at least 4 members (excludes halogenated alkanes) is 3. The second-order valence-electron chi connectivity index (χ2n) is 10.1. The van der Waals surface area contributed by atoms with Crippen LogP contribution in [0.1, 0.15) is 55.3 Å². The number of carbonyl (C=O) groups excluding carboxylic acids is 3. The summed E-state index contributed by atoms with van der Waals surface area (Å²) in [7, 11) is 0. The molecule has 0 saturated carbocycles. The van der Waals surface area contributed by atoms with E-state index in [1.807, 2.05) is 35.2 Å². The molecule has 5 heterocycles. The Labute approximate surface area is 214 Å². The summed E-state index contributed by atoms with van der Waals surface area (Å²) in [6, 6.07) is 11.8. The number of carbonyl (C=O) groups is 3. The first-order valence-electron chi connectivity index (χ1n) is 13.0. The Morgan fingerprint density at radius 1 is 1.03 bits per heavy atom. The highest BCUT2D eigenvalue weighted by molar-refractivity contribution is 6.20. The molecule has 0 bridgehead atoms. The Bertz CT molecular complexity index is 1500. The molecule has 190 valence electrons. The summed E-state index contributed by atoms with van der Waals surface area (Å²) in [5.41, 5.74) is 0.778. The normalized spacial score (nSPS) is 22.6. The smallest absolute Gasteiger partial charge is 0.330 e. The molecule has 9 nitrogen and oxygen atoms in total. The summed E-state index contributed by atoms with van der Waals surface area (Å²) >= 11 is 0. The summed E-state index contributed by atoms with van der Waals surface area (Å²) in [6.07, 6.45) is 5.78. The third-order valence-corrected chi connectivity index (χ3v) is 8.02. The van der Waals surface area contributed by atoms with E-state index in [9.17, 15) is 19.2 Å². The molecule has 3 aliphatic heterocycles. The summed E-state index contributed by atoms with van der Waals surface area (Å²) in [5, 5.41) is 2.48. The van der Waals surface area contributed by atoms with Gasteiger partial charge < -0.3 is 4.90 Å². The number of benzene rings is 1. The first-order chi connectivity index (χ1) is 18.0. The number of amides is 4. The average Bonchev–Trinajstić information content (AvgIpc) is 2.91. The van der Waals surface area contributed by atoms with Crippen LogP contribution in [-0.4, -0.2) is 45.2 Å². The third-order valence-electron chi connectivity index (χ3n) is 8.02. The fourth-order valence-corrected chi connectivity index (χ4v) is 6.21. The second kappa shape index (κ2) is 8.83. The van der Waals surface area contributed by atoms with Gasteiger partial charge in [0.2, 0.25) is 11.8 Å². The van der Waals surface area contributed by atoms with Gasteiger partial charge in [-0.15, -0.1) is 0 Å². The van der Waals surface area contributed by atoms with Gasteiger partial charge in [0.25, 0.3) is 5.56 Å². The topological polar surface area (TPSA) is 104 Å². The number of urea groups is 1. The molecule has 0 radical (unpaired) electrons. The van der Waals surface area contributed by atoms with Crippen molar-refractivity contribution in [1.82, 2.24) is 19.6 Å². The van der Waals surface area contributed by atoms with E-state index in [0.29, 0.717) is 36.4 Å². The number of nitrogens with one attached hydrogen (secondary N) is 1. The molecule has 1 spiro atoms. The quantitative estimate of drug-likeness (QED) is 0.428. The number of imide groups is 2. The van der Waals surface area contributed by atoms with Crippen LogP contribution in [0.15, 0.2) is 53.5 Å². The lowest BCUT2D eigenvalue weighted by molar-refractivity contribution is -0.154. The third kappa shape index (κ3) is 3.40. The van der Waals surface area contributed by atoms with Gasteiger partial charge in [-0.3, -0.25) is 29.0 Å². The molecule has 1 N–H and O–H groups in total. The molecule has 2 aromatic heterocycles. The molecule has 4 amide bonds. The van der Waals surface area contributed by atoms with Crippen LogP contribution in [0.3, 0.4) is 0 Å². The minimum absolute atomic E-state index is 0.120. The fourth-order valence-electron chi connectivity index (χ4n) is 6.21. The Morgan fingerprint density at radius 3 is 2.68 bits per heavy atom. The van der Waals surface area contributed by atoms with Crippen molar-refractivity contribution in [1.29, 1.82) is 0 Å². The van der Waals surface area contributed by atoms with E-state index in [1.165, 1.54) is 9.30 Å². The fraction of sp³-hybridized carbons (Fsp3) is 0.393. The molecule has 1 aromatic carbocycles. The van der Waals surface area contributed by atoms with Gasteiger partial charge in [0.15, 0.2) is 5.41 Å². The zero-order valence-electron chi connectivity index (χ0n) is 20.8. The Hall–Kier alpha value is -4.01. The van der Waals surface area contributed by atoms with Gasteiger partial charge in [-0.05, 0) is 36.1 Å². The van der Waals surface area contributed by atoms with E-state index in [-0.39, 0.29) is 18.5 Å². The summed E-state index contributed by atoms with van der Waals surface area (Å²) in [5.74, 6) is -0.678. The maximum atomic E-state index is 14.3. The van der Waals surface area contributed by atoms with Crippen LogP contribution < -0.4 is 15.8 Å². The van der Waals surface area contributed by atoms with Crippen LogP contribution in [0.5, 0.6) is 0 Å². The number of anilines is 1. The van der Waals surface area contributed by atoms with Crippen molar-refractivity contribution >= 4 is 29.3 Å². The maximum absolute atomic E-state index is 14.3. The number of fused-ring (bicyclic) bond motifs is 7. The van der Waals surface area contributed by atoms with Gasteiger partial charge in [0.1, 0.15) is 11.5 Å². The summed E-state index contributed by atoms with van der Waals surface area (Å²) < 4.78 is 1.45.